The molecule has 0 saturated carbocycles. The van der Waals surface area contributed by atoms with E-state index in [1.807, 2.05) is 6.07 Å². The largest absolute Gasteiger partial charge is 0.352 e. The van der Waals surface area contributed by atoms with Crippen molar-refractivity contribution in [2.75, 3.05) is 0 Å². The second-order valence-electron chi connectivity index (χ2n) is 7.21. The van der Waals surface area contributed by atoms with Gasteiger partial charge in [0.25, 0.3) is 11.5 Å². The van der Waals surface area contributed by atoms with Crippen LogP contribution >= 0.6 is 0 Å². The third-order valence-electron chi connectivity index (χ3n) is 4.87. The summed E-state index contributed by atoms with van der Waals surface area (Å²) >= 11 is 0. The van der Waals surface area contributed by atoms with Crippen molar-refractivity contribution in [3.05, 3.63) is 128 Å². The summed E-state index contributed by atoms with van der Waals surface area (Å²) in [5.41, 5.74) is -0.985. The lowest BCUT2D eigenvalue weighted by molar-refractivity contribution is 0.0941. The van der Waals surface area contributed by atoms with Crippen LogP contribution in [0.3, 0.4) is 0 Å². The number of carbonyl (C=O) groups excluding carboxylic acids is 1. The predicted molar refractivity (Wildman–Crippen MR) is 117 cm³/mol. The van der Waals surface area contributed by atoms with Crippen LogP contribution in [0.1, 0.15) is 21.6 Å². The molecule has 1 heterocycles. The van der Waals surface area contributed by atoms with E-state index in [-0.39, 0.29) is 18.8 Å². The molecule has 0 aliphatic heterocycles. The fraction of sp³-hybridized carbons (Fsp3) is 0.0833. The van der Waals surface area contributed by atoms with E-state index in [0.717, 1.165) is 26.9 Å². The lowest BCUT2D eigenvalue weighted by Gasteiger charge is -2.12. The third kappa shape index (κ3) is 4.93. The number of rotatable bonds is 6. The van der Waals surface area contributed by atoms with Crippen LogP contribution in [0, 0.1) is 11.6 Å². The number of hydrogen-bond donors (Lipinski definition) is 1. The molecule has 33 heavy (non-hydrogen) atoms. The van der Waals surface area contributed by atoms with Crippen molar-refractivity contribution in [1.82, 2.24) is 19.7 Å². The van der Waals surface area contributed by atoms with Crippen LogP contribution in [-0.2, 0) is 13.1 Å². The number of hydrogen-bond acceptors (Lipinski definition) is 4. The van der Waals surface area contributed by atoms with Gasteiger partial charge in [-0.25, -0.2) is 13.6 Å². The molecule has 7 nitrogen and oxygen atoms in total. The van der Waals surface area contributed by atoms with Crippen LogP contribution in [0.2, 0.25) is 0 Å². The lowest BCUT2D eigenvalue weighted by atomic mass is 10.2. The molecule has 1 amide bonds. The molecule has 4 aromatic rings. The Kier molecular flexibility index (Phi) is 6.21. The van der Waals surface area contributed by atoms with E-state index in [2.05, 4.69) is 10.4 Å². The van der Waals surface area contributed by atoms with Gasteiger partial charge in [-0.15, -0.1) is 0 Å². The molecule has 0 bridgehead atoms. The van der Waals surface area contributed by atoms with Crippen molar-refractivity contribution in [1.29, 1.82) is 0 Å². The van der Waals surface area contributed by atoms with Gasteiger partial charge in [0.05, 0.1) is 12.2 Å². The second-order valence-corrected chi connectivity index (χ2v) is 7.21. The SMILES string of the molecule is O=C(NCc1ccccc1)c1nn(-c2ccc(F)cc2)c(=O)n(Cc2cccc(F)c2)c1=O. The minimum Gasteiger partial charge on any atom is -0.346 e. The highest BCUT2D eigenvalue weighted by Crippen LogP contribution is 2.07. The molecule has 3 aromatic carbocycles. The topological polar surface area (TPSA) is 86.0 Å². The van der Waals surface area contributed by atoms with E-state index < -0.39 is 34.5 Å². The Morgan fingerprint density at radius 1 is 0.848 bits per heavy atom. The van der Waals surface area contributed by atoms with Crippen LogP contribution in [0.4, 0.5) is 8.78 Å². The molecule has 1 N–H and O–H groups in total. The molecular weight excluding hydrogens is 430 g/mol. The van der Waals surface area contributed by atoms with Crippen molar-refractivity contribution in [3.8, 4) is 5.69 Å². The number of nitrogens with one attached hydrogen (secondary N) is 1. The van der Waals surface area contributed by atoms with E-state index >= 15 is 0 Å². The zero-order valence-corrected chi connectivity index (χ0v) is 17.2. The van der Waals surface area contributed by atoms with Crippen LogP contribution in [0.5, 0.6) is 0 Å². The molecule has 0 atom stereocenters. The molecular formula is C24H18F2N4O3. The van der Waals surface area contributed by atoms with Crippen LogP contribution in [0.15, 0.2) is 88.5 Å². The molecule has 0 unspecified atom stereocenters. The zero-order valence-electron chi connectivity index (χ0n) is 17.2. The van der Waals surface area contributed by atoms with Crippen molar-refractivity contribution in [3.63, 3.8) is 0 Å². The second kappa shape index (κ2) is 9.39. The summed E-state index contributed by atoms with van der Waals surface area (Å²) < 4.78 is 28.7. The van der Waals surface area contributed by atoms with Gasteiger partial charge in [-0.05, 0) is 47.5 Å². The molecule has 4 rings (SSSR count). The summed E-state index contributed by atoms with van der Waals surface area (Å²) in [7, 11) is 0. The first-order valence-electron chi connectivity index (χ1n) is 9.99. The fourth-order valence-corrected chi connectivity index (χ4v) is 3.23. The van der Waals surface area contributed by atoms with Crippen LogP contribution < -0.4 is 16.6 Å². The quantitative estimate of drug-likeness (QED) is 0.492. The van der Waals surface area contributed by atoms with Gasteiger partial charge in [-0.2, -0.15) is 9.78 Å². The van der Waals surface area contributed by atoms with Gasteiger partial charge in [-0.3, -0.25) is 14.2 Å². The van der Waals surface area contributed by atoms with Crippen molar-refractivity contribution in [2.45, 2.75) is 13.1 Å². The minimum absolute atomic E-state index is 0.139. The molecule has 1 aromatic heterocycles. The molecule has 0 saturated heterocycles. The van der Waals surface area contributed by atoms with Gasteiger partial charge in [0.1, 0.15) is 11.6 Å². The van der Waals surface area contributed by atoms with Crippen molar-refractivity contribution >= 4 is 5.91 Å². The van der Waals surface area contributed by atoms with E-state index in [1.54, 1.807) is 30.3 Å². The third-order valence-corrected chi connectivity index (χ3v) is 4.87. The molecule has 0 fully saturated rings. The Balaban J connectivity index is 1.78. The van der Waals surface area contributed by atoms with Gasteiger partial charge < -0.3 is 5.32 Å². The fourth-order valence-electron chi connectivity index (χ4n) is 3.23. The molecule has 0 radical (unpaired) electrons. The van der Waals surface area contributed by atoms with Crippen molar-refractivity contribution in [2.24, 2.45) is 0 Å². The summed E-state index contributed by atoms with van der Waals surface area (Å²) in [6, 6.07) is 19.3. The maximum atomic E-state index is 13.6. The summed E-state index contributed by atoms with van der Waals surface area (Å²) in [6.07, 6.45) is 0. The van der Waals surface area contributed by atoms with Gasteiger partial charge in [0.2, 0.25) is 5.69 Å². The van der Waals surface area contributed by atoms with E-state index in [1.165, 1.54) is 30.3 Å². The maximum absolute atomic E-state index is 13.6. The Labute approximate surface area is 186 Å². The van der Waals surface area contributed by atoms with Crippen LogP contribution in [-0.4, -0.2) is 20.3 Å². The highest BCUT2D eigenvalue weighted by atomic mass is 19.1. The number of nitrogens with zero attached hydrogens (tertiary/aromatic N) is 3. The minimum atomic E-state index is -0.923. The first-order valence-corrected chi connectivity index (χ1v) is 9.99. The molecule has 0 spiro atoms. The first-order chi connectivity index (χ1) is 15.9. The number of carbonyl (C=O) groups is 1. The number of amides is 1. The zero-order chi connectivity index (χ0) is 23.4. The molecule has 0 aliphatic carbocycles. The smallest absolute Gasteiger partial charge is 0.346 e. The average molecular weight is 448 g/mol. The normalized spacial score (nSPS) is 10.7. The number of benzene rings is 3. The maximum Gasteiger partial charge on any atom is 0.352 e. The molecule has 166 valence electrons. The predicted octanol–water partition coefficient (Wildman–Crippen LogP) is 2.65. The standard InChI is InChI=1S/C24H18F2N4O3/c25-18-9-11-20(12-10-18)30-24(33)29(15-17-7-4-8-19(26)13-17)23(32)21(28-30)22(31)27-14-16-5-2-1-3-6-16/h1-13H,14-15H2,(H,27,31). The average Bonchev–Trinajstić information content (AvgIpc) is 2.82. The van der Waals surface area contributed by atoms with Crippen LogP contribution in [0.25, 0.3) is 5.69 Å². The Morgan fingerprint density at radius 3 is 2.24 bits per heavy atom. The number of aromatic nitrogens is 3. The van der Waals surface area contributed by atoms with Gasteiger partial charge in [-0.1, -0.05) is 42.5 Å². The van der Waals surface area contributed by atoms with Gasteiger partial charge >= 0.3 is 5.69 Å². The number of halogens is 2. The summed E-state index contributed by atoms with van der Waals surface area (Å²) in [6.45, 7) is -0.140. The van der Waals surface area contributed by atoms with E-state index in [0.29, 0.717) is 5.56 Å². The summed E-state index contributed by atoms with van der Waals surface area (Å²) in [5, 5.41) is 6.58. The van der Waals surface area contributed by atoms with E-state index in [9.17, 15) is 23.2 Å². The first kappa shape index (κ1) is 21.8. The highest BCUT2D eigenvalue weighted by molar-refractivity contribution is 5.91. The molecule has 0 aliphatic rings. The Morgan fingerprint density at radius 2 is 1.55 bits per heavy atom. The van der Waals surface area contributed by atoms with Gasteiger partial charge in [0.15, 0.2) is 0 Å². The molecule has 9 heteroatoms. The lowest BCUT2D eigenvalue weighted by Crippen LogP contribution is -2.46. The Bertz CT molecular complexity index is 1410. The van der Waals surface area contributed by atoms with Gasteiger partial charge in [0, 0.05) is 6.54 Å². The summed E-state index contributed by atoms with van der Waals surface area (Å²) in [5.74, 6) is -1.84. The van der Waals surface area contributed by atoms with Crippen molar-refractivity contribution < 1.29 is 13.6 Å². The summed E-state index contributed by atoms with van der Waals surface area (Å²) in [4.78, 5) is 38.9. The Hall–Kier alpha value is -4.40. The van der Waals surface area contributed by atoms with E-state index in [4.69, 9.17) is 0 Å². The highest BCUT2D eigenvalue weighted by Gasteiger charge is 2.20. The monoisotopic (exact) mass is 448 g/mol.